The molecule has 0 unspecified atom stereocenters. The van der Waals surface area contributed by atoms with E-state index in [-0.39, 0.29) is 18.2 Å². The maximum absolute atomic E-state index is 12.4. The molecule has 0 fully saturated rings. The van der Waals surface area contributed by atoms with Crippen molar-refractivity contribution >= 4 is 45.3 Å². The molecule has 0 saturated heterocycles. The van der Waals surface area contributed by atoms with Crippen LogP contribution in [0.25, 0.3) is 33.3 Å². The molecule has 4 rings (SSSR count). The molecule has 10 heteroatoms. The Morgan fingerprint density at radius 1 is 1.10 bits per heavy atom. The summed E-state index contributed by atoms with van der Waals surface area (Å²) in [6, 6.07) is 13.2. The van der Waals surface area contributed by atoms with E-state index in [0.717, 1.165) is 45.1 Å². The van der Waals surface area contributed by atoms with Gasteiger partial charge in [0.25, 0.3) is 0 Å². The number of rotatable bonds is 12. The van der Waals surface area contributed by atoms with Gasteiger partial charge in [-0.2, -0.15) is 0 Å². The number of aromatic nitrogens is 1. The topological polar surface area (TPSA) is 135 Å². The molecule has 0 aromatic heterocycles. The van der Waals surface area contributed by atoms with Crippen molar-refractivity contribution in [2.45, 2.75) is 52.5 Å². The molecule has 0 bridgehead atoms. The third-order valence-corrected chi connectivity index (χ3v) is 6.81. The number of methoxy groups -OCH3 is 1. The van der Waals surface area contributed by atoms with E-state index >= 15 is 0 Å². The predicted molar refractivity (Wildman–Crippen MR) is 159 cm³/mol. The molecule has 10 nitrogen and oxygen atoms in total. The minimum atomic E-state index is -0.678. The van der Waals surface area contributed by atoms with Crippen LogP contribution in [-0.2, 0) is 19.1 Å². The molecule has 2 aromatic rings. The SMILES string of the molecule is CCNc1cc2oc3cc(=NCCC(=O)NCCCC[C@H](NC(C)=O)C(=O)OC)c4ccccc4c-3nc2cc1C. The van der Waals surface area contributed by atoms with Crippen molar-refractivity contribution < 1.29 is 23.5 Å². The second-order valence-electron chi connectivity index (χ2n) is 9.92. The summed E-state index contributed by atoms with van der Waals surface area (Å²) in [4.78, 5) is 45.2. The highest BCUT2D eigenvalue weighted by atomic mass is 16.5. The summed E-state index contributed by atoms with van der Waals surface area (Å²) < 4.78 is 11.0. The largest absolute Gasteiger partial charge is 0.467 e. The summed E-state index contributed by atoms with van der Waals surface area (Å²) >= 11 is 0. The molecular weight excluding hydrogens is 522 g/mol. The lowest BCUT2D eigenvalue weighted by molar-refractivity contribution is -0.145. The van der Waals surface area contributed by atoms with Gasteiger partial charge >= 0.3 is 5.97 Å². The highest BCUT2D eigenvalue weighted by molar-refractivity contribution is 5.96. The lowest BCUT2D eigenvalue weighted by Gasteiger charge is -2.15. The molecule has 3 N–H and O–H groups in total. The summed E-state index contributed by atoms with van der Waals surface area (Å²) in [5, 5.41) is 11.5. The predicted octanol–water partition coefficient (Wildman–Crippen LogP) is 4.08. The zero-order chi connectivity index (χ0) is 29.4. The van der Waals surface area contributed by atoms with E-state index < -0.39 is 12.0 Å². The van der Waals surface area contributed by atoms with Crippen molar-refractivity contribution in [3.63, 3.8) is 0 Å². The molecule has 0 saturated carbocycles. The van der Waals surface area contributed by atoms with E-state index in [2.05, 4.69) is 22.9 Å². The van der Waals surface area contributed by atoms with Gasteiger partial charge in [0.05, 0.1) is 12.5 Å². The minimum Gasteiger partial charge on any atom is -0.467 e. The van der Waals surface area contributed by atoms with Crippen molar-refractivity contribution in [3.05, 3.63) is 53.4 Å². The van der Waals surface area contributed by atoms with Gasteiger partial charge in [-0.15, -0.1) is 0 Å². The average molecular weight is 560 g/mol. The summed E-state index contributed by atoms with van der Waals surface area (Å²) in [5.74, 6) is -0.232. The second kappa shape index (κ2) is 13.7. The highest BCUT2D eigenvalue weighted by Crippen LogP contribution is 2.32. The molecular formula is C31H37N5O5. The van der Waals surface area contributed by atoms with Gasteiger partial charge in [-0.05, 0) is 44.7 Å². The van der Waals surface area contributed by atoms with Gasteiger partial charge in [0.1, 0.15) is 17.3 Å². The maximum Gasteiger partial charge on any atom is 0.328 e. The van der Waals surface area contributed by atoms with E-state index in [0.29, 0.717) is 43.7 Å². The van der Waals surface area contributed by atoms with E-state index in [1.165, 1.54) is 14.0 Å². The van der Waals surface area contributed by atoms with Crippen LogP contribution in [0.5, 0.6) is 0 Å². The first-order valence-corrected chi connectivity index (χ1v) is 13.9. The number of carbonyl (C=O) groups excluding carboxylic acids is 3. The molecule has 1 atom stereocenters. The number of anilines is 1. The van der Waals surface area contributed by atoms with Crippen LogP contribution in [-0.4, -0.2) is 55.6 Å². The second-order valence-corrected chi connectivity index (χ2v) is 9.92. The van der Waals surface area contributed by atoms with Crippen LogP contribution in [0, 0.1) is 6.92 Å². The number of carbonyl (C=O) groups is 3. The molecule has 1 aliphatic carbocycles. The Morgan fingerprint density at radius 3 is 2.61 bits per heavy atom. The number of fused-ring (bicyclic) bond motifs is 4. The quantitative estimate of drug-likeness (QED) is 0.103. The normalized spacial score (nSPS) is 12.4. The summed E-state index contributed by atoms with van der Waals surface area (Å²) in [6.07, 6.45) is 2.00. The first-order valence-electron chi connectivity index (χ1n) is 13.9. The van der Waals surface area contributed by atoms with Crippen LogP contribution in [0.2, 0.25) is 0 Å². The number of benzene rings is 3. The van der Waals surface area contributed by atoms with Crippen LogP contribution in [0.3, 0.4) is 0 Å². The lowest BCUT2D eigenvalue weighted by Crippen LogP contribution is -2.40. The Kier molecular flexibility index (Phi) is 9.89. The van der Waals surface area contributed by atoms with Crippen LogP contribution in [0.4, 0.5) is 5.69 Å². The molecule has 1 aliphatic heterocycles. The van der Waals surface area contributed by atoms with Crippen LogP contribution in [0.15, 0.2) is 51.9 Å². The third kappa shape index (κ3) is 7.39. The molecule has 2 amide bonds. The summed E-state index contributed by atoms with van der Waals surface area (Å²) in [7, 11) is 1.29. The molecule has 0 radical (unpaired) electrons. The van der Waals surface area contributed by atoms with E-state index in [4.69, 9.17) is 19.1 Å². The van der Waals surface area contributed by atoms with E-state index in [9.17, 15) is 14.4 Å². The fraction of sp³-hybridized carbons (Fsp3) is 0.387. The number of ether oxygens (including phenoxy) is 1. The van der Waals surface area contributed by atoms with Crippen LogP contribution < -0.4 is 21.3 Å². The number of amides is 2. The van der Waals surface area contributed by atoms with Gasteiger partial charge in [0.15, 0.2) is 11.3 Å². The lowest BCUT2D eigenvalue weighted by atomic mass is 10.0. The minimum absolute atomic E-state index is 0.103. The third-order valence-electron chi connectivity index (χ3n) is 6.81. The standard InChI is InChI=1S/C31H37N5O5/c1-5-32-24-17-27-26(16-19(24)2)36-30-22-11-7-6-10-21(22)25(18-28(30)41-27)33-15-13-29(38)34-14-9-8-12-23(31(39)40-4)35-20(3)37/h6-7,10-11,16-18,23,32H,5,8-9,12-15H2,1-4H3,(H,34,38)(H,35,37)/t23-/m0/s1. The van der Waals surface area contributed by atoms with Gasteiger partial charge in [-0.3, -0.25) is 14.6 Å². The van der Waals surface area contributed by atoms with E-state index in [1.54, 1.807) is 0 Å². The van der Waals surface area contributed by atoms with Crippen molar-refractivity contribution in [2.75, 3.05) is 32.1 Å². The number of esters is 1. The fourth-order valence-corrected chi connectivity index (χ4v) is 4.81. The highest BCUT2D eigenvalue weighted by Gasteiger charge is 2.19. The molecule has 1 heterocycles. The zero-order valence-corrected chi connectivity index (χ0v) is 24.0. The zero-order valence-electron chi connectivity index (χ0n) is 24.0. The smallest absolute Gasteiger partial charge is 0.328 e. The molecule has 0 spiro atoms. The van der Waals surface area contributed by atoms with Gasteiger partial charge in [0, 0.05) is 61.6 Å². The maximum atomic E-state index is 12.4. The fourth-order valence-electron chi connectivity index (χ4n) is 4.81. The molecule has 41 heavy (non-hydrogen) atoms. The monoisotopic (exact) mass is 559 g/mol. The van der Waals surface area contributed by atoms with Crippen LogP contribution >= 0.6 is 0 Å². The average Bonchev–Trinajstić information content (AvgIpc) is 2.95. The number of hydrogen-bond donors (Lipinski definition) is 3. The van der Waals surface area contributed by atoms with Crippen molar-refractivity contribution in [1.82, 2.24) is 15.6 Å². The Morgan fingerprint density at radius 2 is 1.88 bits per heavy atom. The summed E-state index contributed by atoms with van der Waals surface area (Å²) in [5.41, 5.74) is 4.37. The first kappa shape index (κ1) is 29.5. The molecule has 2 aromatic carbocycles. The summed E-state index contributed by atoms with van der Waals surface area (Å²) in [6.45, 7) is 7.06. The Hall–Kier alpha value is -4.47. The molecule has 2 aliphatic rings. The van der Waals surface area contributed by atoms with Crippen molar-refractivity contribution in [2.24, 2.45) is 4.99 Å². The van der Waals surface area contributed by atoms with Gasteiger partial charge in [-0.25, -0.2) is 9.78 Å². The number of nitrogens with one attached hydrogen (secondary N) is 3. The van der Waals surface area contributed by atoms with Crippen molar-refractivity contribution in [3.8, 4) is 11.5 Å². The Bertz CT molecular complexity index is 1600. The van der Waals surface area contributed by atoms with Crippen molar-refractivity contribution in [1.29, 1.82) is 0 Å². The number of hydrogen-bond acceptors (Lipinski definition) is 8. The first-order chi connectivity index (χ1) is 19.8. The van der Waals surface area contributed by atoms with Gasteiger partial charge in [0.2, 0.25) is 11.8 Å². The number of aryl methyl sites for hydroxylation is 1. The van der Waals surface area contributed by atoms with Gasteiger partial charge < -0.3 is 25.1 Å². The Balaban J connectivity index is 1.43. The van der Waals surface area contributed by atoms with E-state index in [1.807, 2.05) is 49.4 Å². The Labute approximate surface area is 238 Å². The number of unbranched alkanes of at least 4 members (excludes halogenated alkanes) is 1. The van der Waals surface area contributed by atoms with Gasteiger partial charge in [-0.1, -0.05) is 24.3 Å². The van der Waals surface area contributed by atoms with Crippen LogP contribution in [0.1, 0.15) is 45.1 Å². The molecule has 216 valence electrons. The number of nitrogens with zero attached hydrogens (tertiary/aromatic N) is 2.